The van der Waals surface area contributed by atoms with Gasteiger partial charge in [0.15, 0.2) is 6.79 Å². The summed E-state index contributed by atoms with van der Waals surface area (Å²) in [5.41, 5.74) is 15.1. The molecule has 1 heterocycles. The van der Waals surface area contributed by atoms with E-state index in [1.807, 2.05) is 12.1 Å². The normalized spacial score (nSPS) is 14.8. The minimum Gasteiger partial charge on any atom is -0.490 e. The molecule has 248 valence electrons. The van der Waals surface area contributed by atoms with Crippen LogP contribution in [0.15, 0.2) is 114 Å². The van der Waals surface area contributed by atoms with Gasteiger partial charge >= 0.3 is 0 Å². The van der Waals surface area contributed by atoms with Crippen LogP contribution in [0.25, 0.3) is 66.4 Å². The average molecular weight is 659 g/mol. The summed E-state index contributed by atoms with van der Waals surface area (Å²) in [5, 5.41) is 21.5. The van der Waals surface area contributed by atoms with Gasteiger partial charge in [0, 0.05) is 44.9 Å². The van der Waals surface area contributed by atoms with Gasteiger partial charge in [0.25, 0.3) is 0 Å². The molecule has 0 spiro atoms. The molecule has 1 aromatic heterocycles. The molecule has 0 fully saturated rings. The van der Waals surface area contributed by atoms with Gasteiger partial charge < -0.3 is 24.1 Å². The summed E-state index contributed by atoms with van der Waals surface area (Å²) in [4.78, 5) is 0. The Hall–Kier alpha value is -5.36. The molecule has 9 rings (SSSR count). The molecule has 50 heavy (non-hydrogen) atoms. The predicted molar refractivity (Wildman–Crippen MR) is 200 cm³/mol. The summed E-state index contributed by atoms with van der Waals surface area (Å²) in [6.07, 6.45) is 0. The minimum absolute atomic E-state index is 0.0992. The van der Waals surface area contributed by atoms with E-state index in [9.17, 15) is 10.2 Å². The van der Waals surface area contributed by atoms with Crippen molar-refractivity contribution in [3.05, 3.63) is 131 Å². The molecule has 0 amide bonds. The second-order valence-electron chi connectivity index (χ2n) is 14.5. The van der Waals surface area contributed by atoms with Crippen molar-refractivity contribution >= 4 is 21.9 Å². The van der Waals surface area contributed by atoms with E-state index in [-0.39, 0.29) is 24.0 Å². The van der Waals surface area contributed by atoms with Crippen LogP contribution in [0.5, 0.6) is 11.5 Å². The van der Waals surface area contributed by atoms with Crippen LogP contribution in [-0.2, 0) is 10.8 Å². The molecular weight excluding hydrogens is 620 g/mol. The van der Waals surface area contributed by atoms with E-state index >= 15 is 0 Å². The number of aliphatic hydroxyl groups is 2. The number of hydrogen-bond donors (Lipinski definition) is 2. The fourth-order valence-corrected chi connectivity index (χ4v) is 8.49. The van der Waals surface area contributed by atoms with Crippen molar-refractivity contribution in [1.82, 2.24) is 0 Å². The third-order valence-electron chi connectivity index (χ3n) is 11.0. The minimum atomic E-state index is -0.456. The lowest BCUT2D eigenvalue weighted by Crippen LogP contribution is -2.14. The van der Waals surface area contributed by atoms with Crippen LogP contribution >= 0.6 is 0 Å². The van der Waals surface area contributed by atoms with Gasteiger partial charge in [-0.3, -0.25) is 0 Å². The number of ether oxygens (including phenoxy) is 2. The van der Waals surface area contributed by atoms with Crippen LogP contribution in [0.1, 0.15) is 49.9 Å². The lowest BCUT2D eigenvalue weighted by molar-refractivity contribution is 0.0991. The molecular formula is C45H38O5. The zero-order valence-electron chi connectivity index (χ0n) is 28.6. The lowest BCUT2D eigenvalue weighted by atomic mass is 9.81. The zero-order chi connectivity index (χ0) is 34.4. The fraction of sp³-hybridized carbons (Fsp3) is 0.200. The molecule has 2 N–H and O–H groups in total. The standard InChI is InChI=1S/C45H38O5/c1-44(2)36-11-7-5-9-28(36)30-15-13-26(19-38(30)44)32-21-34-35-22-33(41(49-25-47)24-43(35)50-42(34)23-40(32)48-18-17-46)27-14-16-31-29-10-6-8-12-37(29)45(3,4)39(31)20-27/h5-16,19-24,46-47H,17-18,25H2,1-4H3. The van der Waals surface area contributed by atoms with E-state index in [4.69, 9.17) is 13.9 Å². The first-order valence-electron chi connectivity index (χ1n) is 17.2. The Bertz CT molecular complexity index is 2500. The molecule has 0 atom stereocenters. The zero-order valence-corrected chi connectivity index (χ0v) is 28.6. The smallest absolute Gasteiger partial charge is 0.186 e. The quantitative estimate of drug-likeness (QED) is 0.167. The first-order valence-corrected chi connectivity index (χ1v) is 17.2. The van der Waals surface area contributed by atoms with Crippen LogP contribution in [0.4, 0.5) is 0 Å². The number of fused-ring (bicyclic) bond motifs is 9. The molecule has 0 aliphatic heterocycles. The summed E-state index contributed by atoms with van der Waals surface area (Å²) < 4.78 is 18.4. The second-order valence-corrected chi connectivity index (χ2v) is 14.5. The van der Waals surface area contributed by atoms with Gasteiger partial charge in [-0.25, -0.2) is 0 Å². The van der Waals surface area contributed by atoms with Gasteiger partial charge in [-0.05, 0) is 79.9 Å². The van der Waals surface area contributed by atoms with E-state index in [0.29, 0.717) is 22.7 Å². The maximum Gasteiger partial charge on any atom is 0.186 e. The highest BCUT2D eigenvalue weighted by Crippen LogP contribution is 2.52. The molecule has 5 heteroatoms. The van der Waals surface area contributed by atoms with Crippen molar-refractivity contribution < 1.29 is 24.1 Å². The van der Waals surface area contributed by atoms with Crippen LogP contribution in [-0.4, -0.2) is 30.2 Å². The van der Waals surface area contributed by atoms with Crippen LogP contribution in [0, 0.1) is 0 Å². The van der Waals surface area contributed by atoms with Crippen LogP contribution in [0.3, 0.4) is 0 Å². The highest BCUT2D eigenvalue weighted by Gasteiger charge is 2.37. The summed E-state index contributed by atoms with van der Waals surface area (Å²) in [5.74, 6) is 1.19. The summed E-state index contributed by atoms with van der Waals surface area (Å²) in [7, 11) is 0. The number of aliphatic hydroxyl groups excluding tert-OH is 2. The van der Waals surface area contributed by atoms with Crippen molar-refractivity contribution in [3.8, 4) is 56.0 Å². The molecule has 0 saturated carbocycles. The SMILES string of the molecule is CC1(C)c2ccccc2-c2ccc(-c3cc4c(cc3OCO)oc3cc(OCCO)c(-c5ccc6c(c5)C(C)(C)c5ccccc5-6)cc34)cc21. The average Bonchev–Trinajstić information content (AvgIpc) is 3.68. The summed E-state index contributed by atoms with van der Waals surface area (Å²) in [6.45, 7) is 8.72. The largest absolute Gasteiger partial charge is 0.490 e. The van der Waals surface area contributed by atoms with Crippen LogP contribution in [0.2, 0.25) is 0 Å². The van der Waals surface area contributed by atoms with Crippen molar-refractivity contribution in [2.24, 2.45) is 0 Å². The van der Waals surface area contributed by atoms with Gasteiger partial charge in [0.2, 0.25) is 0 Å². The lowest BCUT2D eigenvalue weighted by Gasteiger charge is -2.22. The molecule has 0 saturated heterocycles. The molecule has 7 aromatic rings. The molecule has 0 bridgehead atoms. The van der Waals surface area contributed by atoms with Crippen molar-refractivity contribution in [2.75, 3.05) is 20.0 Å². The molecule has 2 aliphatic carbocycles. The molecule has 5 nitrogen and oxygen atoms in total. The first-order chi connectivity index (χ1) is 24.2. The Morgan fingerprint density at radius 2 is 0.960 bits per heavy atom. The Morgan fingerprint density at radius 1 is 0.500 bits per heavy atom. The van der Waals surface area contributed by atoms with E-state index in [1.165, 1.54) is 44.5 Å². The molecule has 6 aromatic carbocycles. The Morgan fingerprint density at radius 3 is 1.44 bits per heavy atom. The second kappa shape index (κ2) is 11.1. The Labute approximate surface area is 291 Å². The highest BCUT2D eigenvalue weighted by molar-refractivity contribution is 6.09. The van der Waals surface area contributed by atoms with Gasteiger partial charge in [-0.1, -0.05) is 100 Å². The van der Waals surface area contributed by atoms with E-state index in [1.54, 1.807) is 0 Å². The summed E-state index contributed by atoms with van der Waals surface area (Å²) >= 11 is 0. The number of rotatable bonds is 7. The predicted octanol–water partition coefficient (Wildman–Crippen LogP) is 10.2. The van der Waals surface area contributed by atoms with E-state index in [0.717, 1.165) is 33.0 Å². The molecule has 2 aliphatic rings. The first kappa shape index (κ1) is 30.7. The van der Waals surface area contributed by atoms with Crippen LogP contribution < -0.4 is 9.47 Å². The summed E-state index contributed by atoms with van der Waals surface area (Å²) in [6, 6.07) is 38.6. The topological polar surface area (TPSA) is 72.1 Å². The maximum absolute atomic E-state index is 9.91. The van der Waals surface area contributed by atoms with Crippen molar-refractivity contribution in [2.45, 2.75) is 38.5 Å². The van der Waals surface area contributed by atoms with Gasteiger partial charge in [-0.15, -0.1) is 0 Å². The Balaban J connectivity index is 1.22. The highest BCUT2D eigenvalue weighted by atomic mass is 16.6. The third-order valence-corrected chi connectivity index (χ3v) is 11.0. The van der Waals surface area contributed by atoms with Gasteiger partial charge in [0.1, 0.15) is 29.3 Å². The third kappa shape index (κ3) is 4.40. The number of furan rings is 1. The van der Waals surface area contributed by atoms with Gasteiger partial charge in [-0.2, -0.15) is 0 Å². The number of benzene rings is 6. The van der Waals surface area contributed by atoms with E-state index < -0.39 is 6.79 Å². The van der Waals surface area contributed by atoms with E-state index in [2.05, 4.69) is 125 Å². The van der Waals surface area contributed by atoms with Crippen molar-refractivity contribution in [3.63, 3.8) is 0 Å². The number of hydrogen-bond acceptors (Lipinski definition) is 5. The fourth-order valence-electron chi connectivity index (χ4n) is 8.49. The van der Waals surface area contributed by atoms with Crippen molar-refractivity contribution in [1.29, 1.82) is 0 Å². The monoisotopic (exact) mass is 658 g/mol. The van der Waals surface area contributed by atoms with Gasteiger partial charge in [0.05, 0.1) is 6.61 Å². The maximum atomic E-state index is 9.91. The Kier molecular flexibility index (Phi) is 6.80. The molecule has 0 unspecified atom stereocenters. The molecule has 0 radical (unpaired) electrons.